The molecular formula is C27H24ClF2N5O2. The number of carbonyl (C=O) groups is 1. The number of hydrogen-bond acceptors (Lipinski definition) is 5. The Bertz CT molecular complexity index is 1570. The van der Waals surface area contributed by atoms with Crippen molar-refractivity contribution in [1.29, 1.82) is 0 Å². The van der Waals surface area contributed by atoms with Gasteiger partial charge in [0.2, 0.25) is 5.95 Å². The number of anilines is 2. The van der Waals surface area contributed by atoms with Gasteiger partial charge in [0, 0.05) is 36.4 Å². The van der Waals surface area contributed by atoms with Crippen molar-refractivity contribution in [3.63, 3.8) is 0 Å². The van der Waals surface area contributed by atoms with E-state index in [1.54, 1.807) is 0 Å². The summed E-state index contributed by atoms with van der Waals surface area (Å²) in [6.07, 6.45) is 5.96. The highest BCUT2D eigenvalue weighted by Gasteiger charge is 2.29. The number of aliphatic carboxylic acids is 1. The molecule has 0 spiro atoms. The normalized spacial score (nSPS) is 17.1. The molecule has 2 aromatic carbocycles. The summed E-state index contributed by atoms with van der Waals surface area (Å²) in [5.41, 5.74) is 5.58. The number of benzene rings is 2. The molecule has 190 valence electrons. The number of carboxylic acids is 1. The fourth-order valence-electron chi connectivity index (χ4n) is 5.79. The SMILES string of the molecule is CN1Cc2cc(Nc3ncc(Cl)c(-n4cc(CC(=O)O)c5cc(F)c(F)cc54)n3)cc3c2C(CCC3)C1. The molecule has 2 aromatic heterocycles. The van der Waals surface area contributed by atoms with Crippen molar-refractivity contribution < 1.29 is 18.7 Å². The summed E-state index contributed by atoms with van der Waals surface area (Å²) in [7, 11) is 2.14. The van der Waals surface area contributed by atoms with Crippen molar-refractivity contribution in [2.45, 2.75) is 38.1 Å². The lowest BCUT2D eigenvalue weighted by Gasteiger charge is -2.37. The van der Waals surface area contributed by atoms with Gasteiger partial charge in [-0.15, -0.1) is 0 Å². The molecule has 0 radical (unpaired) electrons. The van der Waals surface area contributed by atoms with E-state index in [2.05, 4.69) is 39.4 Å². The van der Waals surface area contributed by atoms with Crippen molar-refractivity contribution in [3.05, 3.63) is 75.6 Å². The van der Waals surface area contributed by atoms with Crippen LogP contribution in [0.1, 0.15) is 41.0 Å². The van der Waals surface area contributed by atoms with Gasteiger partial charge >= 0.3 is 5.97 Å². The van der Waals surface area contributed by atoms with Crippen molar-refractivity contribution in [1.82, 2.24) is 19.4 Å². The van der Waals surface area contributed by atoms with Gasteiger partial charge in [-0.1, -0.05) is 11.6 Å². The molecule has 6 rings (SSSR count). The molecule has 2 aliphatic rings. The summed E-state index contributed by atoms with van der Waals surface area (Å²) in [5, 5.41) is 13.1. The predicted molar refractivity (Wildman–Crippen MR) is 137 cm³/mol. The second-order valence-corrected chi connectivity index (χ2v) is 10.3. The van der Waals surface area contributed by atoms with Crippen LogP contribution >= 0.6 is 11.6 Å². The van der Waals surface area contributed by atoms with E-state index >= 15 is 0 Å². The standard InChI is InChI=1S/C27H24ClF2N5O2/c1-34-11-15-4-2-3-14-5-18(6-17(12-34)25(14)15)32-27-31-10-20(28)26(33-27)35-13-16(7-24(36)37)19-8-21(29)22(30)9-23(19)35/h5-6,8-10,13,15H,2-4,7,11-12H2,1H3,(H,36,37)(H,31,32,33). The molecule has 2 N–H and O–H groups in total. The first-order chi connectivity index (χ1) is 17.8. The number of fused-ring (bicyclic) bond motifs is 1. The van der Waals surface area contributed by atoms with E-state index < -0.39 is 17.6 Å². The highest BCUT2D eigenvalue weighted by molar-refractivity contribution is 6.32. The van der Waals surface area contributed by atoms with Crippen molar-refractivity contribution in [2.75, 3.05) is 18.9 Å². The molecule has 0 saturated carbocycles. The molecule has 0 saturated heterocycles. The third kappa shape index (κ3) is 4.32. The zero-order chi connectivity index (χ0) is 25.8. The number of carboxylic acid groups (broad SMARTS) is 1. The average Bonchev–Trinajstić information content (AvgIpc) is 3.16. The molecule has 10 heteroatoms. The van der Waals surface area contributed by atoms with Crippen LogP contribution in [0.2, 0.25) is 5.02 Å². The zero-order valence-electron chi connectivity index (χ0n) is 20.1. The largest absolute Gasteiger partial charge is 0.481 e. The van der Waals surface area contributed by atoms with Gasteiger partial charge in [0.05, 0.1) is 18.1 Å². The maximum Gasteiger partial charge on any atom is 0.307 e. The zero-order valence-corrected chi connectivity index (χ0v) is 20.8. The topological polar surface area (TPSA) is 83.3 Å². The average molecular weight is 524 g/mol. The number of aryl methyl sites for hydroxylation is 1. The van der Waals surface area contributed by atoms with Gasteiger partial charge in [0.25, 0.3) is 0 Å². The number of rotatable bonds is 5. The Balaban J connectivity index is 1.41. The van der Waals surface area contributed by atoms with Gasteiger partial charge < -0.3 is 15.3 Å². The molecule has 3 heterocycles. The van der Waals surface area contributed by atoms with Crippen molar-refractivity contribution >= 4 is 40.1 Å². The lowest BCUT2D eigenvalue weighted by molar-refractivity contribution is -0.136. The highest BCUT2D eigenvalue weighted by Crippen LogP contribution is 2.40. The second kappa shape index (κ2) is 9.08. The summed E-state index contributed by atoms with van der Waals surface area (Å²) in [5.74, 6) is -2.12. The van der Waals surface area contributed by atoms with E-state index in [1.165, 1.54) is 40.1 Å². The lowest BCUT2D eigenvalue weighted by Crippen LogP contribution is -2.33. The van der Waals surface area contributed by atoms with Gasteiger partial charge in [-0.25, -0.2) is 13.8 Å². The molecular weight excluding hydrogens is 500 g/mol. The van der Waals surface area contributed by atoms with Crippen LogP contribution in [-0.4, -0.2) is 44.1 Å². The van der Waals surface area contributed by atoms with Crippen LogP contribution in [0.4, 0.5) is 20.4 Å². The fourth-order valence-corrected chi connectivity index (χ4v) is 5.98. The molecule has 1 atom stereocenters. The van der Waals surface area contributed by atoms with Crippen LogP contribution in [0.5, 0.6) is 0 Å². The molecule has 0 bridgehead atoms. The molecule has 1 unspecified atom stereocenters. The number of aromatic nitrogens is 3. The first kappa shape index (κ1) is 23.8. The molecule has 0 amide bonds. The maximum atomic E-state index is 14.2. The number of nitrogens with zero attached hydrogens (tertiary/aromatic N) is 4. The molecule has 4 aromatic rings. The fraction of sp³-hybridized carbons (Fsp3) is 0.296. The van der Waals surface area contributed by atoms with Crippen LogP contribution in [0.25, 0.3) is 16.7 Å². The summed E-state index contributed by atoms with van der Waals surface area (Å²) >= 11 is 6.44. The predicted octanol–water partition coefficient (Wildman–Crippen LogP) is 5.59. The van der Waals surface area contributed by atoms with Gasteiger partial charge in [-0.05, 0) is 72.7 Å². The van der Waals surface area contributed by atoms with E-state index in [4.69, 9.17) is 11.6 Å². The monoisotopic (exact) mass is 523 g/mol. The maximum absolute atomic E-state index is 14.2. The Kier molecular flexibility index (Phi) is 5.84. The van der Waals surface area contributed by atoms with Crippen LogP contribution in [-0.2, 0) is 24.2 Å². The Morgan fingerprint density at radius 1 is 1.22 bits per heavy atom. The number of likely N-dealkylation sites (N-methyl/N-ethyl adjacent to an activating group) is 1. The lowest BCUT2D eigenvalue weighted by atomic mass is 9.77. The van der Waals surface area contributed by atoms with Crippen LogP contribution < -0.4 is 5.32 Å². The first-order valence-electron chi connectivity index (χ1n) is 12.1. The van der Waals surface area contributed by atoms with Crippen molar-refractivity contribution in [2.24, 2.45) is 0 Å². The third-order valence-electron chi connectivity index (χ3n) is 7.21. The van der Waals surface area contributed by atoms with Crippen molar-refractivity contribution in [3.8, 4) is 5.82 Å². The summed E-state index contributed by atoms with van der Waals surface area (Å²) < 4.78 is 29.6. The van der Waals surface area contributed by atoms with Gasteiger partial charge in [-0.3, -0.25) is 9.36 Å². The third-order valence-corrected chi connectivity index (χ3v) is 7.48. The van der Waals surface area contributed by atoms with Gasteiger partial charge in [0.15, 0.2) is 17.5 Å². The molecule has 37 heavy (non-hydrogen) atoms. The molecule has 1 aliphatic carbocycles. The Morgan fingerprint density at radius 2 is 2.00 bits per heavy atom. The molecule has 7 nitrogen and oxygen atoms in total. The quantitative estimate of drug-likeness (QED) is 0.355. The number of nitrogens with one attached hydrogen (secondary N) is 1. The minimum absolute atomic E-state index is 0.180. The highest BCUT2D eigenvalue weighted by atomic mass is 35.5. The van der Waals surface area contributed by atoms with E-state index in [-0.39, 0.29) is 34.1 Å². The summed E-state index contributed by atoms with van der Waals surface area (Å²) in [4.78, 5) is 22.6. The van der Waals surface area contributed by atoms with E-state index in [0.29, 0.717) is 11.5 Å². The minimum Gasteiger partial charge on any atom is -0.481 e. The number of halogens is 3. The summed E-state index contributed by atoms with van der Waals surface area (Å²) in [6, 6.07) is 6.31. The van der Waals surface area contributed by atoms with E-state index in [0.717, 1.165) is 43.8 Å². The second-order valence-electron chi connectivity index (χ2n) is 9.86. The minimum atomic E-state index is -1.09. The van der Waals surface area contributed by atoms with Crippen LogP contribution in [0.15, 0.2) is 36.7 Å². The Hall–Kier alpha value is -3.56. The van der Waals surface area contributed by atoms with Gasteiger partial charge in [-0.2, -0.15) is 4.98 Å². The van der Waals surface area contributed by atoms with Crippen LogP contribution in [0.3, 0.4) is 0 Å². The first-order valence-corrected chi connectivity index (χ1v) is 12.5. The smallest absolute Gasteiger partial charge is 0.307 e. The Morgan fingerprint density at radius 3 is 2.81 bits per heavy atom. The van der Waals surface area contributed by atoms with E-state index in [1.807, 2.05) is 0 Å². The van der Waals surface area contributed by atoms with E-state index in [9.17, 15) is 18.7 Å². The molecule has 0 fully saturated rings. The van der Waals surface area contributed by atoms with Gasteiger partial charge in [0.1, 0.15) is 5.02 Å². The van der Waals surface area contributed by atoms with Crippen LogP contribution in [0, 0.1) is 11.6 Å². The Labute approximate surface area is 216 Å². The molecule has 1 aliphatic heterocycles. The summed E-state index contributed by atoms with van der Waals surface area (Å²) in [6.45, 7) is 1.96. The number of hydrogen-bond donors (Lipinski definition) is 2.